The second-order valence-electron chi connectivity index (χ2n) is 11.8. The maximum Gasteiger partial charge on any atom is 0.472 e. The first-order chi connectivity index (χ1) is 19.5. The molecule has 0 rings (SSSR count). The highest BCUT2D eigenvalue weighted by Gasteiger charge is 2.27. The van der Waals surface area contributed by atoms with Crippen molar-refractivity contribution >= 4 is 19.8 Å². The molecule has 0 spiro atoms. The average molecular weight is 607 g/mol. The molecule has 2 unspecified atom stereocenters. The van der Waals surface area contributed by atoms with E-state index >= 15 is 0 Å². The number of carbonyl (C=O) groups excluding carboxylic acids is 2. The number of unbranched alkanes of at least 4 members (excludes halogenated alkanes) is 12. The lowest BCUT2D eigenvalue weighted by Gasteiger charge is -2.24. The molecule has 0 aliphatic heterocycles. The first-order valence-electron chi connectivity index (χ1n) is 15.9. The van der Waals surface area contributed by atoms with Crippen LogP contribution >= 0.6 is 7.82 Å². The number of rotatable bonds is 28. The fourth-order valence-electron chi connectivity index (χ4n) is 3.93. The summed E-state index contributed by atoms with van der Waals surface area (Å²) in [4.78, 5) is 34.7. The fourth-order valence-corrected chi connectivity index (χ4v) is 4.67. The second-order valence-corrected chi connectivity index (χ2v) is 13.3. The second kappa shape index (κ2) is 25.3. The third kappa shape index (κ3) is 28.6. The van der Waals surface area contributed by atoms with Crippen LogP contribution in [0.1, 0.15) is 123 Å². The van der Waals surface area contributed by atoms with E-state index in [9.17, 15) is 19.0 Å². The Kier molecular flexibility index (Phi) is 24.5. The van der Waals surface area contributed by atoms with Gasteiger partial charge in [0.25, 0.3) is 0 Å². The van der Waals surface area contributed by atoms with Gasteiger partial charge in [0.05, 0.1) is 27.7 Å². The van der Waals surface area contributed by atoms with E-state index in [0.717, 1.165) is 64.2 Å². The number of likely N-dealkylation sites (N-methyl/N-ethyl adjacent to an activating group) is 1. The summed E-state index contributed by atoms with van der Waals surface area (Å²) >= 11 is 0. The molecule has 0 aromatic heterocycles. The van der Waals surface area contributed by atoms with E-state index in [0.29, 0.717) is 17.4 Å². The molecule has 0 saturated heterocycles. The van der Waals surface area contributed by atoms with Crippen LogP contribution in [0.15, 0.2) is 12.2 Å². The predicted molar refractivity (Wildman–Crippen MR) is 164 cm³/mol. The van der Waals surface area contributed by atoms with Gasteiger partial charge in [0.15, 0.2) is 6.10 Å². The molecule has 0 saturated carbocycles. The normalized spacial score (nSPS) is 14.2. The highest BCUT2D eigenvalue weighted by molar-refractivity contribution is 7.47. The van der Waals surface area contributed by atoms with Gasteiger partial charge in [-0.2, -0.15) is 0 Å². The van der Waals surface area contributed by atoms with Gasteiger partial charge >= 0.3 is 19.8 Å². The standard InChI is InChI=1S/C31H60NO8P/c1-6-8-10-12-14-15-16-17-18-20-22-24-31(34)40-29(27-37-30(33)23-21-19-13-11-9-7-2)28-39-41(35,36)38-26-25-32(3,4)5/h12,14,29H,6-11,13,15-28H2,1-5H3/p+1/b14-12-. The topological polar surface area (TPSA) is 108 Å². The number of hydrogen-bond acceptors (Lipinski definition) is 7. The van der Waals surface area contributed by atoms with Crippen LogP contribution in [0.5, 0.6) is 0 Å². The van der Waals surface area contributed by atoms with Gasteiger partial charge in [0.2, 0.25) is 0 Å². The van der Waals surface area contributed by atoms with Crippen LogP contribution < -0.4 is 0 Å². The summed E-state index contributed by atoms with van der Waals surface area (Å²) in [7, 11) is 1.47. The van der Waals surface area contributed by atoms with E-state index < -0.39 is 26.5 Å². The van der Waals surface area contributed by atoms with Crippen molar-refractivity contribution in [2.45, 2.75) is 129 Å². The molecule has 0 aromatic rings. The van der Waals surface area contributed by atoms with Crippen LogP contribution in [0, 0.1) is 0 Å². The number of esters is 2. The Morgan fingerprint density at radius 3 is 1.88 bits per heavy atom. The number of allylic oxidation sites excluding steroid dienone is 2. The molecule has 0 aliphatic rings. The quantitative estimate of drug-likeness (QED) is 0.0321. The summed E-state index contributed by atoms with van der Waals surface area (Å²) < 4.78 is 33.8. The predicted octanol–water partition coefficient (Wildman–Crippen LogP) is 7.51. The molecule has 0 aromatic carbocycles. The Hall–Kier alpha value is -1.25. The summed E-state index contributed by atoms with van der Waals surface area (Å²) in [5.41, 5.74) is 0. The minimum Gasteiger partial charge on any atom is -0.462 e. The van der Waals surface area contributed by atoms with Gasteiger partial charge in [-0.05, 0) is 32.1 Å². The van der Waals surface area contributed by atoms with Crippen molar-refractivity contribution in [3.63, 3.8) is 0 Å². The Morgan fingerprint density at radius 2 is 1.27 bits per heavy atom. The zero-order valence-electron chi connectivity index (χ0n) is 26.8. The third-order valence-electron chi connectivity index (χ3n) is 6.55. The van der Waals surface area contributed by atoms with E-state index in [1.54, 1.807) is 0 Å². The minimum absolute atomic E-state index is 0.0319. The van der Waals surface area contributed by atoms with Crippen LogP contribution in [0.2, 0.25) is 0 Å². The molecule has 9 nitrogen and oxygen atoms in total. The van der Waals surface area contributed by atoms with Crippen molar-refractivity contribution in [1.29, 1.82) is 0 Å². The Morgan fingerprint density at radius 1 is 0.732 bits per heavy atom. The average Bonchev–Trinajstić information content (AvgIpc) is 2.90. The van der Waals surface area contributed by atoms with Gasteiger partial charge in [0.1, 0.15) is 19.8 Å². The number of phosphoric acid groups is 1. The lowest BCUT2D eigenvalue weighted by molar-refractivity contribution is -0.870. The molecule has 0 amide bonds. The molecule has 0 heterocycles. The van der Waals surface area contributed by atoms with Crippen LogP contribution in [0.3, 0.4) is 0 Å². The summed E-state index contributed by atoms with van der Waals surface area (Å²) in [6, 6.07) is 0. The van der Waals surface area contributed by atoms with Gasteiger partial charge in [-0.15, -0.1) is 0 Å². The smallest absolute Gasteiger partial charge is 0.462 e. The number of phosphoric ester groups is 1. The third-order valence-corrected chi connectivity index (χ3v) is 7.53. The number of hydrogen-bond donors (Lipinski definition) is 1. The summed E-state index contributed by atoms with van der Waals surface area (Å²) in [5, 5.41) is 0. The van der Waals surface area contributed by atoms with Crippen molar-refractivity contribution < 1.29 is 42.1 Å². The van der Waals surface area contributed by atoms with Gasteiger partial charge in [-0.1, -0.05) is 90.2 Å². The van der Waals surface area contributed by atoms with Crippen molar-refractivity contribution in [3.05, 3.63) is 12.2 Å². The molecule has 2 atom stereocenters. The molecule has 242 valence electrons. The Balaban J connectivity index is 4.53. The fraction of sp³-hybridized carbons (Fsp3) is 0.871. The molecule has 0 fully saturated rings. The molecule has 0 bridgehead atoms. The van der Waals surface area contributed by atoms with Crippen molar-refractivity contribution in [3.8, 4) is 0 Å². The SMILES string of the molecule is CCCC/C=C\CCCCCCCC(=O)OC(COC(=O)CCCCCCCC)COP(=O)(O)OCC[N+](C)(C)C. The number of nitrogens with zero attached hydrogens (tertiary/aromatic N) is 1. The van der Waals surface area contributed by atoms with Gasteiger partial charge in [-0.25, -0.2) is 4.57 Å². The lowest BCUT2D eigenvalue weighted by Crippen LogP contribution is -2.37. The van der Waals surface area contributed by atoms with Crippen molar-refractivity contribution in [2.75, 3.05) is 47.5 Å². The van der Waals surface area contributed by atoms with Crippen molar-refractivity contribution in [1.82, 2.24) is 0 Å². The zero-order valence-corrected chi connectivity index (χ0v) is 27.7. The monoisotopic (exact) mass is 606 g/mol. The van der Waals surface area contributed by atoms with Gasteiger partial charge in [-0.3, -0.25) is 18.6 Å². The lowest BCUT2D eigenvalue weighted by atomic mass is 10.1. The number of ether oxygens (including phenoxy) is 2. The molecule has 10 heteroatoms. The molecule has 0 aliphatic carbocycles. The van der Waals surface area contributed by atoms with Gasteiger partial charge in [0, 0.05) is 12.8 Å². The zero-order chi connectivity index (χ0) is 30.8. The summed E-state index contributed by atoms with van der Waals surface area (Å²) in [5.74, 6) is -0.823. The highest BCUT2D eigenvalue weighted by Crippen LogP contribution is 2.43. The van der Waals surface area contributed by atoms with E-state index in [1.807, 2.05) is 21.1 Å². The Bertz CT molecular complexity index is 738. The maximum atomic E-state index is 12.5. The van der Waals surface area contributed by atoms with Crippen molar-refractivity contribution in [2.24, 2.45) is 0 Å². The highest BCUT2D eigenvalue weighted by atomic mass is 31.2. The van der Waals surface area contributed by atoms with E-state index in [-0.39, 0.29) is 32.0 Å². The number of quaternary nitrogens is 1. The molecule has 1 N–H and O–H groups in total. The van der Waals surface area contributed by atoms with Crippen LogP contribution in [-0.2, 0) is 32.7 Å². The minimum atomic E-state index is -4.35. The van der Waals surface area contributed by atoms with Gasteiger partial charge < -0.3 is 18.9 Å². The first kappa shape index (κ1) is 39.8. The molecule has 0 radical (unpaired) electrons. The van der Waals surface area contributed by atoms with E-state index in [2.05, 4.69) is 26.0 Å². The molecular weight excluding hydrogens is 545 g/mol. The van der Waals surface area contributed by atoms with Crippen LogP contribution in [0.25, 0.3) is 0 Å². The van der Waals surface area contributed by atoms with E-state index in [4.69, 9.17) is 18.5 Å². The van der Waals surface area contributed by atoms with E-state index in [1.165, 1.54) is 25.7 Å². The maximum absolute atomic E-state index is 12.5. The molecule has 41 heavy (non-hydrogen) atoms. The summed E-state index contributed by atoms with van der Waals surface area (Å²) in [6.45, 7) is 4.27. The Labute approximate surface area is 250 Å². The van der Waals surface area contributed by atoms with Crippen LogP contribution in [-0.4, -0.2) is 74.9 Å². The largest absolute Gasteiger partial charge is 0.472 e. The van der Waals surface area contributed by atoms with Crippen LogP contribution in [0.4, 0.5) is 0 Å². The number of carbonyl (C=O) groups is 2. The summed E-state index contributed by atoms with van der Waals surface area (Å²) in [6.07, 6.45) is 20.0. The first-order valence-corrected chi connectivity index (χ1v) is 17.4. The molecular formula is C31H61NO8P+.